The van der Waals surface area contributed by atoms with Gasteiger partial charge in [-0.15, -0.1) is 0 Å². The third kappa shape index (κ3) is 3.99. The molecule has 0 aliphatic heterocycles. The number of ether oxygens (including phenoxy) is 1. The zero-order chi connectivity index (χ0) is 14.4. The fraction of sp³-hybridized carbons (Fsp3) is 0.588. The third-order valence-corrected chi connectivity index (χ3v) is 4.02. The molecule has 1 saturated carbocycles. The van der Waals surface area contributed by atoms with Crippen LogP contribution in [-0.2, 0) is 4.74 Å². The van der Waals surface area contributed by atoms with Crippen molar-refractivity contribution in [2.45, 2.75) is 52.0 Å². The molecule has 1 N–H and O–H groups in total. The van der Waals surface area contributed by atoms with Gasteiger partial charge < -0.3 is 10.1 Å². The molecular formula is C17H25NO2. The van der Waals surface area contributed by atoms with Gasteiger partial charge in [-0.25, -0.2) is 4.79 Å². The number of benzene rings is 1. The van der Waals surface area contributed by atoms with Crippen molar-refractivity contribution in [1.29, 1.82) is 0 Å². The molecule has 1 aliphatic carbocycles. The molecule has 2 rings (SSSR count). The molecule has 0 spiro atoms. The Bertz CT molecular complexity index is 427. The Hall–Kier alpha value is -1.51. The monoisotopic (exact) mass is 275 g/mol. The van der Waals surface area contributed by atoms with E-state index in [4.69, 9.17) is 4.74 Å². The van der Waals surface area contributed by atoms with Crippen LogP contribution in [0.5, 0.6) is 0 Å². The summed E-state index contributed by atoms with van der Waals surface area (Å²) in [5.74, 6) is 0.488. The number of hydrogen-bond acceptors (Lipinski definition) is 3. The first-order valence-electron chi connectivity index (χ1n) is 7.74. The molecule has 1 aromatic rings. The van der Waals surface area contributed by atoms with Crippen LogP contribution in [0.2, 0.25) is 0 Å². The molecular weight excluding hydrogens is 250 g/mol. The molecule has 2 atom stereocenters. The fourth-order valence-electron chi connectivity index (χ4n) is 2.73. The molecule has 2 unspecified atom stereocenters. The zero-order valence-corrected chi connectivity index (χ0v) is 12.5. The van der Waals surface area contributed by atoms with Crippen molar-refractivity contribution in [3.8, 4) is 0 Å². The van der Waals surface area contributed by atoms with Crippen LogP contribution >= 0.6 is 0 Å². The highest BCUT2D eigenvalue weighted by molar-refractivity contribution is 5.89. The van der Waals surface area contributed by atoms with E-state index in [1.54, 1.807) is 0 Å². The average Bonchev–Trinajstić information content (AvgIpc) is 2.48. The SMILES string of the molecule is CCCOC(=O)c1ccc(NC2CCCCC2C)cc1. The summed E-state index contributed by atoms with van der Waals surface area (Å²) in [6.45, 7) is 4.79. The summed E-state index contributed by atoms with van der Waals surface area (Å²) in [4.78, 5) is 11.7. The maximum atomic E-state index is 11.7. The van der Waals surface area contributed by atoms with E-state index in [-0.39, 0.29) is 5.97 Å². The Kier molecular flexibility index (Phi) is 5.45. The summed E-state index contributed by atoms with van der Waals surface area (Å²) in [5.41, 5.74) is 1.72. The van der Waals surface area contributed by atoms with Crippen LogP contribution in [0.3, 0.4) is 0 Å². The molecule has 20 heavy (non-hydrogen) atoms. The van der Waals surface area contributed by atoms with Gasteiger partial charge in [-0.05, 0) is 49.4 Å². The van der Waals surface area contributed by atoms with Crippen LogP contribution < -0.4 is 5.32 Å². The third-order valence-electron chi connectivity index (χ3n) is 4.02. The number of carbonyl (C=O) groups excluding carboxylic acids is 1. The van der Waals surface area contributed by atoms with Gasteiger partial charge in [0.15, 0.2) is 0 Å². The maximum Gasteiger partial charge on any atom is 0.338 e. The van der Waals surface area contributed by atoms with Crippen LogP contribution in [0.15, 0.2) is 24.3 Å². The fourth-order valence-corrected chi connectivity index (χ4v) is 2.73. The highest BCUT2D eigenvalue weighted by Gasteiger charge is 2.20. The standard InChI is InChI=1S/C17H25NO2/c1-3-12-20-17(19)14-8-10-15(11-9-14)18-16-7-5-4-6-13(16)2/h8-11,13,16,18H,3-7,12H2,1-2H3. The first-order chi connectivity index (χ1) is 9.70. The van der Waals surface area contributed by atoms with Crippen LogP contribution in [0, 0.1) is 5.92 Å². The van der Waals surface area contributed by atoms with Gasteiger partial charge in [-0.2, -0.15) is 0 Å². The molecule has 1 aromatic carbocycles. The van der Waals surface area contributed by atoms with Crippen molar-refractivity contribution in [2.75, 3.05) is 11.9 Å². The van der Waals surface area contributed by atoms with Crippen molar-refractivity contribution >= 4 is 11.7 Å². The van der Waals surface area contributed by atoms with Gasteiger partial charge in [0.2, 0.25) is 0 Å². The first kappa shape index (κ1) is 14.9. The Morgan fingerprint density at radius 1 is 1.25 bits per heavy atom. The van der Waals surface area contributed by atoms with Crippen molar-refractivity contribution in [1.82, 2.24) is 0 Å². The zero-order valence-electron chi connectivity index (χ0n) is 12.5. The predicted octanol–water partition coefficient (Wildman–Crippen LogP) is 4.24. The molecule has 3 nitrogen and oxygen atoms in total. The highest BCUT2D eigenvalue weighted by atomic mass is 16.5. The van der Waals surface area contributed by atoms with Gasteiger partial charge in [-0.3, -0.25) is 0 Å². The molecule has 0 radical (unpaired) electrons. The van der Waals surface area contributed by atoms with Gasteiger partial charge in [0, 0.05) is 11.7 Å². The second-order valence-corrected chi connectivity index (χ2v) is 5.73. The largest absolute Gasteiger partial charge is 0.462 e. The molecule has 0 heterocycles. The molecule has 110 valence electrons. The van der Waals surface area contributed by atoms with Crippen molar-refractivity contribution in [3.05, 3.63) is 29.8 Å². The Labute approximate surface area is 121 Å². The van der Waals surface area contributed by atoms with E-state index >= 15 is 0 Å². The minimum absolute atomic E-state index is 0.232. The Morgan fingerprint density at radius 2 is 1.95 bits per heavy atom. The van der Waals surface area contributed by atoms with Gasteiger partial charge in [0.1, 0.15) is 0 Å². The lowest BCUT2D eigenvalue weighted by Crippen LogP contribution is -2.30. The lowest BCUT2D eigenvalue weighted by Gasteiger charge is -2.30. The number of hydrogen-bond donors (Lipinski definition) is 1. The van der Waals surface area contributed by atoms with Gasteiger partial charge in [0.25, 0.3) is 0 Å². The van der Waals surface area contributed by atoms with E-state index in [0.717, 1.165) is 18.0 Å². The Balaban J connectivity index is 1.92. The Morgan fingerprint density at radius 3 is 2.60 bits per heavy atom. The molecule has 0 saturated heterocycles. The number of rotatable bonds is 5. The van der Waals surface area contributed by atoms with Crippen LogP contribution in [0.4, 0.5) is 5.69 Å². The van der Waals surface area contributed by atoms with E-state index in [0.29, 0.717) is 18.2 Å². The van der Waals surface area contributed by atoms with Crippen molar-refractivity contribution < 1.29 is 9.53 Å². The summed E-state index contributed by atoms with van der Waals surface area (Å²) in [6, 6.07) is 8.19. The smallest absolute Gasteiger partial charge is 0.338 e. The highest BCUT2D eigenvalue weighted by Crippen LogP contribution is 2.26. The van der Waals surface area contributed by atoms with Crippen LogP contribution in [0.25, 0.3) is 0 Å². The van der Waals surface area contributed by atoms with E-state index in [1.165, 1.54) is 25.7 Å². The van der Waals surface area contributed by atoms with Gasteiger partial charge >= 0.3 is 5.97 Å². The summed E-state index contributed by atoms with van der Waals surface area (Å²) in [6.07, 6.45) is 6.05. The van der Waals surface area contributed by atoms with Crippen molar-refractivity contribution in [2.24, 2.45) is 5.92 Å². The topological polar surface area (TPSA) is 38.3 Å². The number of anilines is 1. The second kappa shape index (κ2) is 7.32. The maximum absolute atomic E-state index is 11.7. The minimum Gasteiger partial charge on any atom is -0.462 e. The summed E-state index contributed by atoms with van der Waals surface area (Å²) < 4.78 is 5.12. The first-order valence-corrected chi connectivity index (χ1v) is 7.74. The van der Waals surface area contributed by atoms with Gasteiger partial charge in [-0.1, -0.05) is 26.7 Å². The number of nitrogens with one attached hydrogen (secondary N) is 1. The van der Waals surface area contributed by atoms with Crippen LogP contribution in [0.1, 0.15) is 56.3 Å². The summed E-state index contributed by atoms with van der Waals surface area (Å²) in [7, 11) is 0. The molecule has 1 aliphatic rings. The van der Waals surface area contributed by atoms with E-state index in [1.807, 2.05) is 31.2 Å². The quantitative estimate of drug-likeness (QED) is 0.817. The van der Waals surface area contributed by atoms with Crippen LogP contribution in [-0.4, -0.2) is 18.6 Å². The molecule has 3 heteroatoms. The van der Waals surface area contributed by atoms with E-state index in [9.17, 15) is 4.79 Å². The molecule has 1 fully saturated rings. The normalized spacial score (nSPS) is 22.3. The molecule has 0 amide bonds. The second-order valence-electron chi connectivity index (χ2n) is 5.73. The van der Waals surface area contributed by atoms with E-state index in [2.05, 4.69) is 12.2 Å². The lowest BCUT2D eigenvalue weighted by molar-refractivity contribution is 0.0505. The predicted molar refractivity (Wildman–Crippen MR) is 82.1 cm³/mol. The number of carbonyl (C=O) groups is 1. The van der Waals surface area contributed by atoms with Crippen molar-refractivity contribution in [3.63, 3.8) is 0 Å². The van der Waals surface area contributed by atoms with E-state index < -0.39 is 0 Å². The summed E-state index contributed by atoms with van der Waals surface area (Å²) in [5, 5.41) is 3.59. The minimum atomic E-state index is -0.232. The van der Waals surface area contributed by atoms with Gasteiger partial charge in [0.05, 0.1) is 12.2 Å². The summed E-state index contributed by atoms with van der Waals surface area (Å²) >= 11 is 0. The lowest BCUT2D eigenvalue weighted by atomic mass is 9.86. The average molecular weight is 275 g/mol. The number of esters is 1. The molecule has 0 bridgehead atoms. The molecule has 0 aromatic heterocycles.